The van der Waals surface area contributed by atoms with Crippen molar-refractivity contribution in [2.45, 2.75) is 12.8 Å². The second kappa shape index (κ2) is 9.18. The Labute approximate surface area is 144 Å². The lowest BCUT2D eigenvalue weighted by Crippen LogP contribution is -2.18. The van der Waals surface area contributed by atoms with Crippen LogP contribution < -0.4 is 16.0 Å². The number of pyridine rings is 2. The molecule has 0 aliphatic heterocycles. The van der Waals surface area contributed by atoms with E-state index < -0.39 is 6.09 Å². The van der Waals surface area contributed by atoms with Gasteiger partial charge in [-0.25, -0.2) is 4.79 Å². The zero-order valence-electron chi connectivity index (χ0n) is 13.4. The minimum atomic E-state index is -0.775. The van der Waals surface area contributed by atoms with E-state index in [0.717, 1.165) is 6.42 Å². The fourth-order valence-electron chi connectivity index (χ4n) is 1.97. The van der Waals surface area contributed by atoms with Gasteiger partial charge < -0.3 is 15.2 Å². The van der Waals surface area contributed by atoms with Crippen LogP contribution in [0.4, 0.5) is 4.79 Å². The molecule has 0 spiro atoms. The van der Waals surface area contributed by atoms with Crippen LogP contribution in [0.15, 0.2) is 36.7 Å². The molecule has 0 bridgehead atoms. The van der Waals surface area contributed by atoms with Crippen LogP contribution in [0.2, 0.25) is 0 Å². The first-order chi connectivity index (χ1) is 12.1. The summed E-state index contributed by atoms with van der Waals surface area (Å²) >= 11 is 0. The fraction of sp³-hybridized carbons (Fsp3) is 0.250. The Hall–Kier alpha value is -3.20. The molecule has 9 heteroatoms. The van der Waals surface area contributed by atoms with Gasteiger partial charge in [-0.2, -0.15) is 0 Å². The number of amides is 1. The lowest BCUT2D eigenvalue weighted by atomic mass is 10.1. The molecular weight excluding hydrogens is 326 g/mol. The number of rotatable bonds is 8. The van der Waals surface area contributed by atoms with E-state index in [-0.39, 0.29) is 12.4 Å². The molecule has 0 unspecified atom stereocenters. The van der Waals surface area contributed by atoms with Gasteiger partial charge in [0.25, 0.3) is 0 Å². The highest BCUT2D eigenvalue weighted by atomic mass is 16.5. The van der Waals surface area contributed by atoms with Crippen LogP contribution in [-0.4, -0.2) is 40.3 Å². The quantitative estimate of drug-likeness (QED) is 0.247. The Bertz CT molecular complexity index is 721. The van der Waals surface area contributed by atoms with Crippen LogP contribution in [0.5, 0.6) is 5.75 Å². The molecule has 5 N–H and O–H groups in total. The molecule has 0 aliphatic rings. The second-order valence-corrected chi connectivity index (χ2v) is 5.02. The van der Waals surface area contributed by atoms with Crippen molar-refractivity contribution in [1.29, 1.82) is 5.41 Å². The van der Waals surface area contributed by atoms with Crippen molar-refractivity contribution in [2.75, 3.05) is 13.2 Å². The molecule has 2 aromatic rings. The maximum atomic E-state index is 10.4. The van der Waals surface area contributed by atoms with Crippen LogP contribution in [0.25, 0.3) is 11.4 Å². The molecule has 0 atom stereocenters. The van der Waals surface area contributed by atoms with Gasteiger partial charge in [-0.3, -0.25) is 26.1 Å². The monoisotopic (exact) mass is 345 g/mol. The molecule has 0 aromatic carbocycles. The Morgan fingerprint density at radius 2 is 2.00 bits per heavy atom. The highest BCUT2D eigenvalue weighted by Gasteiger charge is 2.06. The van der Waals surface area contributed by atoms with Crippen LogP contribution in [0.3, 0.4) is 0 Å². The van der Waals surface area contributed by atoms with Gasteiger partial charge in [0.2, 0.25) is 0 Å². The van der Waals surface area contributed by atoms with E-state index >= 15 is 0 Å². The van der Waals surface area contributed by atoms with Crippen molar-refractivity contribution in [3.63, 3.8) is 0 Å². The van der Waals surface area contributed by atoms with Gasteiger partial charge in [-0.15, -0.1) is 0 Å². The number of nitrogens with two attached hydrogens (primary N) is 1. The Balaban J connectivity index is 1.87. The van der Waals surface area contributed by atoms with Crippen molar-refractivity contribution >= 4 is 11.9 Å². The smallest absolute Gasteiger partial charge is 0.404 e. The maximum absolute atomic E-state index is 10.4. The van der Waals surface area contributed by atoms with Crippen LogP contribution in [-0.2, 0) is 4.74 Å². The summed E-state index contributed by atoms with van der Waals surface area (Å²) < 4.78 is 10.2. The molecule has 1 amide bonds. The van der Waals surface area contributed by atoms with Crippen molar-refractivity contribution in [3.8, 4) is 17.1 Å². The lowest BCUT2D eigenvalue weighted by molar-refractivity contribution is 0.152. The van der Waals surface area contributed by atoms with Gasteiger partial charge in [0.05, 0.1) is 30.8 Å². The highest BCUT2D eigenvalue weighted by Crippen LogP contribution is 2.18. The van der Waals surface area contributed by atoms with Crippen LogP contribution in [0.1, 0.15) is 18.4 Å². The van der Waals surface area contributed by atoms with Gasteiger partial charge in [0.1, 0.15) is 11.6 Å². The van der Waals surface area contributed by atoms with E-state index in [1.54, 1.807) is 35.9 Å². The highest BCUT2D eigenvalue weighted by molar-refractivity contribution is 5.96. The number of aromatic nitrogens is 2. The van der Waals surface area contributed by atoms with Crippen molar-refractivity contribution < 1.29 is 19.5 Å². The number of hydroxylamine groups is 1. The zero-order chi connectivity index (χ0) is 18.1. The number of amidine groups is 1. The lowest BCUT2D eigenvalue weighted by Gasteiger charge is -2.07. The summed E-state index contributed by atoms with van der Waals surface area (Å²) in [6, 6.07) is 6.78. The average Bonchev–Trinajstić information content (AvgIpc) is 2.64. The third kappa shape index (κ3) is 5.74. The molecule has 25 heavy (non-hydrogen) atoms. The first-order valence-electron chi connectivity index (χ1n) is 7.56. The van der Waals surface area contributed by atoms with E-state index in [4.69, 9.17) is 21.1 Å². The number of unbranched alkanes of at least 4 members (excludes halogenated alkanes) is 1. The average molecular weight is 345 g/mol. The molecule has 0 aliphatic carbocycles. The first-order valence-corrected chi connectivity index (χ1v) is 7.56. The van der Waals surface area contributed by atoms with Crippen molar-refractivity contribution in [3.05, 3.63) is 42.2 Å². The summed E-state index contributed by atoms with van der Waals surface area (Å²) in [6.45, 7) is 0.742. The molecule has 0 saturated carbocycles. The maximum Gasteiger partial charge on any atom is 0.404 e. The summed E-state index contributed by atoms with van der Waals surface area (Å²) in [7, 11) is 0. The number of nitrogens with one attached hydrogen (secondary N) is 2. The Kier molecular flexibility index (Phi) is 6.66. The van der Waals surface area contributed by atoms with E-state index in [9.17, 15) is 4.79 Å². The number of nitrogens with zero attached hydrogens (tertiary/aromatic N) is 2. The first kappa shape index (κ1) is 18.1. The van der Waals surface area contributed by atoms with Crippen molar-refractivity contribution in [1.82, 2.24) is 15.4 Å². The number of hydrogen-bond acceptors (Lipinski definition) is 7. The summed E-state index contributed by atoms with van der Waals surface area (Å²) in [4.78, 5) is 18.9. The van der Waals surface area contributed by atoms with Gasteiger partial charge in [-0.1, -0.05) is 0 Å². The third-order valence-electron chi connectivity index (χ3n) is 3.21. The second-order valence-electron chi connectivity index (χ2n) is 5.02. The van der Waals surface area contributed by atoms with Gasteiger partial charge in [-0.05, 0) is 37.1 Å². The summed E-state index contributed by atoms with van der Waals surface area (Å²) in [5.41, 5.74) is 8.34. The molecule has 0 radical (unpaired) electrons. The number of carbonyl (C=O) groups excluding carboxylic acids is 1. The molecule has 2 aromatic heterocycles. The van der Waals surface area contributed by atoms with Crippen molar-refractivity contribution in [2.24, 2.45) is 5.73 Å². The predicted molar refractivity (Wildman–Crippen MR) is 89.5 cm³/mol. The fourth-order valence-corrected chi connectivity index (χ4v) is 1.97. The van der Waals surface area contributed by atoms with Gasteiger partial charge in [0, 0.05) is 11.8 Å². The van der Waals surface area contributed by atoms with E-state index in [1.807, 2.05) is 0 Å². The van der Waals surface area contributed by atoms with Gasteiger partial charge in [0.15, 0.2) is 0 Å². The topological polar surface area (TPSA) is 143 Å². The Morgan fingerprint density at radius 1 is 1.20 bits per heavy atom. The van der Waals surface area contributed by atoms with Crippen LogP contribution in [0, 0.1) is 5.41 Å². The van der Waals surface area contributed by atoms with E-state index in [1.165, 1.54) is 6.20 Å². The molecule has 2 heterocycles. The standard InChI is InChI=1S/C16H19N5O4/c17-15(21-23)11-5-6-19-14(9-11)13-4-3-12(10-20-13)24-7-1-2-8-25-16(18)22/h3-6,9-10,23H,1-2,7-8H2,(H2,17,21)(H2,18,22). The van der Waals surface area contributed by atoms with Gasteiger partial charge >= 0.3 is 6.09 Å². The number of primary amides is 1. The third-order valence-corrected chi connectivity index (χ3v) is 3.21. The minimum Gasteiger partial charge on any atom is -0.492 e. The molecule has 0 saturated heterocycles. The van der Waals surface area contributed by atoms with E-state index in [0.29, 0.717) is 35.7 Å². The minimum absolute atomic E-state index is 0.121. The van der Waals surface area contributed by atoms with Crippen LogP contribution >= 0.6 is 0 Å². The zero-order valence-corrected chi connectivity index (χ0v) is 13.4. The normalized spacial score (nSPS) is 10.1. The summed E-state index contributed by atoms with van der Waals surface area (Å²) in [5.74, 6) is 0.490. The summed E-state index contributed by atoms with van der Waals surface area (Å²) in [6.07, 6.45) is 3.73. The largest absolute Gasteiger partial charge is 0.492 e. The molecular formula is C16H19N5O4. The number of hydrogen-bond donors (Lipinski definition) is 4. The Morgan fingerprint density at radius 3 is 2.68 bits per heavy atom. The molecule has 9 nitrogen and oxygen atoms in total. The molecule has 0 fully saturated rings. The predicted octanol–water partition coefficient (Wildman–Crippen LogP) is 1.70. The molecule has 132 valence electrons. The van der Waals surface area contributed by atoms with E-state index in [2.05, 4.69) is 14.7 Å². The number of carbonyl (C=O) groups is 1. The SMILES string of the molecule is N=C(NO)c1ccnc(-c2ccc(OCCCCOC(N)=O)cn2)c1. The molecule has 2 rings (SSSR count). The number of ether oxygens (including phenoxy) is 2. The summed E-state index contributed by atoms with van der Waals surface area (Å²) in [5, 5.41) is 16.3.